The standard InChI is InChI=1S/C19H16Cl2N2O2/c20-14-9-10-17(16(21)11-14)23-19(25)15(12-22)18(24)8-4-7-13-5-2-1-3-6-13/h1-3,5-6,9-11,15H,4,7-8H2,(H,23,25). The van der Waals surface area contributed by atoms with Gasteiger partial charge < -0.3 is 5.32 Å². The molecule has 1 amide bonds. The summed E-state index contributed by atoms with van der Waals surface area (Å²) in [5.74, 6) is -2.44. The van der Waals surface area contributed by atoms with Crippen LogP contribution in [0.3, 0.4) is 0 Å². The first-order valence-corrected chi connectivity index (χ1v) is 8.49. The van der Waals surface area contributed by atoms with Gasteiger partial charge in [0.1, 0.15) is 0 Å². The van der Waals surface area contributed by atoms with Gasteiger partial charge in [0.2, 0.25) is 5.91 Å². The summed E-state index contributed by atoms with van der Waals surface area (Å²) in [4.78, 5) is 24.4. The fraction of sp³-hybridized carbons (Fsp3) is 0.211. The van der Waals surface area contributed by atoms with Gasteiger partial charge in [0.05, 0.1) is 16.8 Å². The highest BCUT2D eigenvalue weighted by atomic mass is 35.5. The predicted molar refractivity (Wildman–Crippen MR) is 98.6 cm³/mol. The Labute approximate surface area is 156 Å². The predicted octanol–water partition coefficient (Wildman–Crippen LogP) is 4.66. The molecule has 0 spiro atoms. The highest BCUT2D eigenvalue weighted by molar-refractivity contribution is 6.36. The van der Waals surface area contributed by atoms with Crippen molar-refractivity contribution in [2.75, 3.05) is 5.32 Å². The minimum absolute atomic E-state index is 0.162. The van der Waals surface area contributed by atoms with Gasteiger partial charge in [-0.15, -0.1) is 0 Å². The lowest BCUT2D eigenvalue weighted by Crippen LogP contribution is -2.28. The number of carbonyl (C=O) groups excluding carboxylic acids is 2. The normalized spacial score (nSPS) is 11.4. The zero-order valence-corrected chi connectivity index (χ0v) is 14.8. The molecule has 2 aromatic rings. The molecule has 0 fully saturated rings. The lowest BCUT2D eigenvalue weighted by molar-refractivity contribution is -0.128. The van der Waals surface area contributed by atoms with Crippen LogP contribution in [-0.2, 0) is 16.0 Å². The van der Waals surface area contributed by atoms with Gasteiger partial charge in [-0.2, -0.15) is 5.26 Å². The highest BCUT2D eigenvalue weighted by Crippen LogP contribution is 2.26. The summed E-state index contributed by atoms with van der Waals surface area (Å²) in [5, 5.41) is 12.4. The maximum absolute atomic E-state index is 12.2. The Hall–Kier alpha value is -2.35. The molecule has 0 aliphatic carbocycles. The van der Waals surface area contributed by atoms with Gasteiger partial charge in [0, 0.05) is 11.4 Å². The van der Waals surface area contributed by atoms with Crippen LogP contribution in [0.1, 0.15) is 18.4 Å². The fourth-order valence-corrected chi connectivity index (χ4v) is 2.78. The zero-order valence-electron chi connectivity index (χ0n) is 13.3. The van der Waals surface area contributed by atoms with Crippen LogP contribution >= 0.6 is 23.2 Å². The van der Waals surface area contributed by atoms with Crippen molar-refractivity contribution in [3.8, 4) is 6.07 Å². The maximum Gasteiger partial charge on any atom is 0.249 e. The summed E-state index contributed by atoms with van der Waals surface area (Å²) in [6.07, 6.45) is 1.46. The topological polar surface area (TPSA) is 70.0 Å². The number of nitrogens with zero attached hydrogens (tertiary/aromatic N) is 1. The van der Waals surface area contributed by atoms with Crippen molar-refractivity contribution in [1.82, 2.24) is 0 Å². The van der Waals surface area contributed by atoms with E-state index >= 15 is 0 Å². The second kappa shape index (κ2) is 9.22. The number of amides is 1. The molecule has 6 heteroatoms. The number of anilines is 1. The number of Topliss-reactive ketones (excluding diaryl/α,β-unsaturated/α-hetero) is 1. The van der Waals surface area contributed by atoms with Crippen LogP contribution in [-0.4, -0.2) is 11.7 Å². The summed E-state index contributed by atoms with van der Waals surface area (Å²) >= 11 is 11.8. The summed E-state index contributed by atoms with van der Waals surface area (Å²) in [6, 6.07) is 16.1. The Morgan fingerprint density at radius 1 is 1.12 bits per heavy atom. The molecule has 0 aromatic heterocycles. The zero-order chi connectivity index (χ0) is 18.2. The third-order valence-electron chi connectivity index (χ3n) is 3.63. The third-order valence-corrected chi connectivity index (χ3v) is 4.18. The van der Waals surface area contributed by atoms with Gasteiger partial charge in [-0.05, 0) is 36.6 Å². The molecular formula is C19H16Cl2N2O2. The van der Waals surface area contributed by atoms with Crippen LogP contribution in [0, 0.1) is 17.2 Å². The minimum Gasteiger partial charge on any atom is -0.323 e. The van der Waals surface area contributed by atoms with Crippen molar-refractivity contribution in [3.63, 3.8) is 0 Å². The van der Waals surface area contributed by atoms with Crippen molar-refractivity contribution in [3.05, 3.63) is 64.1 Å². The van der Waals surface area contributed by atoms with E-state index in [2.05, 4.69) is 5.32 Å². The Bertz CT molecular complexity index is 801. The molecule has 0 aliphatic rings. The summed E-state index contributed by atoms with van der Waals surface area (Å²) in [5.41, 5.74) is 1.43. The largest absolute Gasteiger partial charge is 0.323 e. The molecule has 2 rings (SSSR count). The third kappa shape index (κ3) is 5.60. The van der Waals surface area contributed by atoms with Gasteiger partial charge in [-0.3, -0.25) is 9.59 Å². The maximum atomic E-state index is 12.2. The molecule has 0 saturated heterocycles. The smallest absolute Gasteiger partial charge is 0.249 e. The highest BCUT2D eigenvalue weighted by Gasteiger charge is 2.26. The number of benzene rings is 2. The van der Waals surface area contributed by atoms with E-state index in [4.69, 9.17) is 23.2 Å². The Morgan fingerprint density at radius 2 is 1.84 bits per heavy atom. The molecule has 1 atom stereocenters. The molecule has 0 heterocycles. The van der Waals surface area contributed by atoms with Crippen LogP contribution in [0.2, 0.25) is 10.0 Å². The SMILES string of the molecule is N#CC(C(=O)CCCc1ccccc1)C(=O)Nc1ccc(Cl)cc1Cl. The van der Waals surface area contributed by atoms with Crippen molar-refractivity contribution < 1.29 is 9.59 Å². The quantitative estimate of drug-likeness (QED) is 0.716. The molecule has 1 N–H and O–H groups in total. The van der Waals surface area contributed by atoms with E-state index in [-0.39, 0.29) is 11.4 Å². The molecule has 25 heavy (non-hydrogen) atoms. The molecule has 1 unspecified atom stereocenters. The number of ketones is 1. The van der Waals surface area contributed by atoms with Crippen molar-refractivity contribution in [2.24, 2.45) is 5.92 Å². The van der Waals surface area contributed by atoms with Crippen LogP contribution in [0.5, 0.6) is 0 Å². The van der Waals surface area contributed by atoms with E-state index < -0.39 is 17.6 Å². The van der Waals surface area contributed by atoms with E-state index in [1.54, 1.807) is 12.1 Å². The van der Waals surface area contributed by atoms with Crippen LogP contribution < -0.4 is 5.32 Å². The van der Waals surface area contributed by atoms with Crippen LogP contribution in [0.4, 0.5) is 5.69 Å². The Morgan fingerprint density at radius 3 is 2.48 bits per heavy atom. The number of hydrogen-bond donors (Lipinski definition) is 1. The monoisotopic (exact) mass is 374 g/mol. The average Bonchev–Trinajstić information content (AvgIpc) is 2.59. The molecule has 128 valence electrons. The minimum atomic E-state index is -1.36. The second-order valence-corrected chi connectivity index (χ2v) is 6.32. The first kappa shape index (κ1) is 19.0. The first-order chi connectivity index (χ1) is 12.0. The van der Waals surface area contributed by atoms with Crippen LogP contribution in [0.15, 0.2) is 48.5 Å². The summed E-state index contributed by atoms with van der Waals surface area (Å²) < 4.78 is 0. The molecule has 4 nitrogen and oxygen atoms in total. The number of nitriles is 1. The Balaban J connectivity index is 1.92. The summed E-state index contributed by atoms with van der Waals surface area (Å²) in [7, 11) is 0. The molecule has 0 bridgehead atoms. The lowest BCUT2D eigenvalue weighted by Gasteiger charge is -2.11. The van der Waals surface area contributed by atoms with Crippen molar-refractivity contribution in [1.29, 1.82) is 5.26 Å². The number of aryl methyl sites for hydroxylation is 1. The van der Waals surface area contributed by atoms with Crippen molar-refractivity contribution in [2.45, 2.75) is 19.3 Å². The Kier molecular flexibility index (Phi) is 7.00. The number of hydrogen-bond acceptors (Lipinski definition) is 3. The van der Waals surface area contributed by atoms with E-state index in [9.17, 15) is 14.9 Å². The van der Waals surface area contributed by atoms with Gasteiger partial charge in [0.15, 0.2) is 11.7 Å². The lowest BCUT2D eigenvalue weighted by atomic mass is 9.98. The fourth-order valence-electron chi connectivity index (χ4n) is 2.33. The molecule has 2 aromatic carbocycles. The van der Waals surface area contributed by atoms with Crippen LogP contribution in [0.25, 0.3) is 0 Å². The van der Waals surface area contributed by atoms with E-state index in [1.165, 1.54) is 12.1 Å². The molecule has 0 saturated carbocycles. The molecule has 0 radical (unpaired) electrons. The van der Waals surface area contributed by atoms with Gasteiger partial charge in [0.25, 0.3) is 0 Å². The van der Waals surface area contributed by atoms with Gasteiger partial charge >= 0.3 is 0 Å². The number of rotatable bonds is 7. The van der Waals surface area contributed by atoms with E-state index in [0.29, 0.717) is 17.1 Å². The summed E-state index contributed by atoms with van der Waals surface area (Å²) in [6.45, 7) is 0. The van der Waals surface area contributed by atoms with Gasteiger partial charge in [-0.25, -0.2) is 0 Å². The number of halogens is 2. The van der Waals surface area contributed by atoms with E-state index in [1.807, 2.05) is 30.3 Å². The molecular weight excluding hydrogens is 359 g/mol. The number of carbonyl (C=O) groups is 2. The van der Waals surface area contributed by atoms with Crippen molar-refractivity contribution >= 4 is 40.6 Å². The average molecular weight is 375 g/mol. The first-order valence-electron chi connectivity index (χ1n) is 7.73. The molecule has 0 aliphatic heterocycles. The van der Waals surface area contributed by atoms with E-state index in [0.717, 1.165) is 12.0 Å². The van der Waals surface area contributed by atoms with Gasteiger partial charge in [-0.1, -0.05) is 53.5 Å². The number of nitrogens with one attached hydrogen (secondary N) is 1. The second-order valence-electron chi connectivity index (χ2n) is 5.48.